The molecule has 1 aliphatic heterocycles. The van der Waals surface area contributed by atoms with Crippen molar-refractivity contribution in [1.82, 2.24) is 4.90 Å². The van der Waals surface area contributed by atoms with Crippen LogP contribution in [0.2, 0.25) is 0 Å². The Balaban J connectivity index is 1.63. The van der Waals surface area contributed by atoms with Crippen molar-refractivity contribution in [2.45, 2.75) is 50.1 Å². The summed E-state index contributed by atoms with van der Waals surface area (Å²) in [5, 5.41) is 0. The second-order valence-electron chi connectivity index (χ2n) is 9.59. The van der Waals surface area contributed by atoms with Crippen LogP contribution in [-0.2, 0) is 18.0 Å². The van der Waals surface area contributed by atoms with Crippen molar-refractivity contribution in [3.63, 3.8) is 0 Å². The number of hydrogen-bond acceptors (Lipinski definition) is 4. The van der Waals surface area contributed by atoms with E-state index in [2.05, 4.69) is 0 Å². The third kappa shape index (κ3) is 3.83. The molecule has 36 heavy (non-hydrogen) atoms. The summed E-state index contributed by atoms with van der Waals surface area (Å²) in [7, 11) is 1.58. The number of anilines is 1. The highest BCUT2D eigenvalue weighted by Crippen LogP contribution is 2.52. The molecule has 0 radical (unpaired) electrons. The average molecular weight is 491 g/mol. The number of amides is 1. The van der Waals surface area contributed by atoms with E-state index >= 15 is 8.78 Å². The quantitative estimate of drug-likeness (QED) is 0.336. The minimum atomic E-state index is -3.91. The summed E-state index contributed by atoms with van der Waals surface area (Å²) >= 11 is 0. The third-order valence-corrected chi connectivity index (χ3v) is 7.48. The normalized spacial score (nSPS) is 16.8. The van der Waals surface area contributed by atoms with Crippen LogP contribution in [0, 0.1) is 0 Å². The molecule has 0 bridgehead atoms. The SMILES string of the molecule is COc1ccc(CN2C(=O)c3c(C(F)(F)C(=O)c4ccccc4)cc(N)cc3C23CCCCC3)cc1. The molecule has 186 valence electrons. The Hall–Kier alpha value is -3.74. The summed E-state index contributed by atoms with van der Waals surface area (Å²) in [5.74, 6) is -5.06. The number of alkyl halides is 2. The van der Waals surface area contributed by atoms with Gasteiger partial charge in [0.2, 0.25) is 5.78 Å². The molecule has 2 N–H and O–H groups in total. The Labute approximate surface area is 208 Å². The summed E-state index contributed by atoms with van der Waals surface area (Å²) in [4.78, 5) is 28.6. The van der Waals surface area contributed by atoms with E-state index < -0.39 is 28.7 Å². The number of hydrogen-bond donors (Lipinski definition) is 1. The molecule has 3 aromatic carbocycles. The van der Waals surface area contributed by atoms with E-state index in [1.54, 1.807) is 24.1 Å². The number of Topliss-reactive ketones (excluding diaryl/α,β-unsaturated/α-hetero) is 1. The van der Waals surface area contributed by atoms with Crippen LogP contribution in [0.15, 0.2) is 66.7 Å². The van der Waals surface area contributed by atoms with E-state index in [0.717, 1.165) is 30.9 Å². The van der Waals surface area contributed by atoms with Gasteiger partial charge in [-0.2, -0.15) is 8.78 Å². The fourth-order valence-corrected chi connectivity index (χ4v) is 5.69. The number of carbonyl (C=O) groups is 2. The molecule has 1 fully saturated rings. The molecule has 1 saturated carbocycles. The highest BCUT2D eigenvalue weighted by Gasteiger charge is 2.54. The van der Waals surface area contributed by atoms with Crippen molar-refractivity contribution in [2.24, 2.45) is 0 Å². The van der Waals surface area contributed by atoms with Gasteiger partial charge in [-0.3, -0.25) is 9.59 Å². The lowest BCUT2D eigenvalue weighted by Gasteiger charge is -2.42. The van der Waals surface area contributed by atoms with E-state index in [0.29, 0.717) is 24.2 Å². The van der Waals surface area contributed by atoms with Gasteiger partial charge in [0.1, 0.15) is 5.75 Å². The molecule has 1 spiro atoms. The number of benzene rings is 3. The fourth-order valence-electron chi connectivity index (χ4n) is 5.69. The molecule has 3 aromatic rings. The van der Waals surface area contributed by atoms with Crippen LogP contribution in [0.1, 0.15) is 69.5 Å². The maximum absolute atomic E-state index is 15.8. The summed E-state index contributed by atoms with van der Waals surface area (Å²) in [5.41, 5.74) is 6.08. The predicted molar refractivity (Wildman–Crippen MR) is 133 cm³/mol. The number of nitrogens with zero attached hydrogens (tertiary/aromatic N) is 1. The smallest absolute Gasteiger partial charge is 0.335 e. The second kappa shape index (κ2) is 9.04. The van der Waals surface area contributed by atoms with Crippen molar-refractivity contribution in [1.29, 1.82) is 0 Å². The highest BCUT2D eigenvalue weighted by molar-refractivity contribution is 6.07. The number of nitrogen functional groups attached to an aromatic ring is 1. The molecule has 0 aromatic heterocycles. The van der Waals surface area contributed by atoms with E-state index in [1.165, 1.54) is 24.3 Å². The van der Waals surface area contributed by atoms with Crippen LogP contribution >= 0.6 is 0 Å². The zero-order valence-electron chi connectivity index (χ0n) is 20.1. The number of halogens is 2. The van der Waals surface area contributed by atoms with Crippen molar-refractivity contribution in [3.8, 4) is 5.75 Å². The average Bonchev–Trinajstić information content (AvgIpc) is 3.11. The Morgan fingerprint density at radius 3 is 2.33 bits per heavy atom. The van der Waals surface area contributed by atoms with E-state index in [9.17, 15) is 9.59 Å². The number of ketones is 1. The van der Waals surface area contributed by atoms with E-state index in [1.807, 2.05) is 24.3 Å². The standard InChI is InChI=1S/C29H28F2N2O3/c1-36-22-12-10-19(11-13-22)18-33-27(35)25-23(28(33)14-6-3-7-15-28)16-21(32)17-24(25)29(30,31)26(34)20-8-4-2-5-9-20/h2,4-5,8-13,16-17H,3,6-7,14-15,18,32H2,1H3. The van der Waals surface area contributed by atoms with Gasteiger partial charge >= 0.3 is 5.92 Å². The van der Waals surface area contributed by atoms with Crippen LogP contribution in [-0.4, -0.2) is 23.7 Å². The third-order valence-electron chi connectivity index (χ3n) is 7.48. The summed E-state index contributed by atoms with van der Waals surface area (Å²) in [6, 6.07) is 17.5. The largest absolute Gasteiger partial charge is 0.497 e. The van der Waals surface area contributed by atoms with Gasteiger partial charge in [0.05, 0.1) is 18.2 Å². The second-order valence-corrected chi connectivity index (χ2v) is 9.59. The molecule has 0 saturated heterocycles. The van der Waals surface area contributed by atoms with Crippen LogP contribution < -0.4 is 10.5 Å². The fraction of sp³-hybridized carbons (Fsp3) is 0.310. The van der Waals surface area contributed by atoms with Crippen LogP contribution in [0.25, 0.3) is 0 Å². The Bertz CT molecular complexity index is 1300. The molecular formula is C29H28F2N2O3. The van der Waals surface area contributed by atoms with Crippen molar-refractivity contribution < 1.29 is 23.1 Å². The van der Waals surface area contributed by atoms with Gasteiger partial charge in [0.15, 0.2) is 0 Å². The minimum absolute atomic E-state index is 0.0890. The maximum Gasteiger partial charge on any atom is 0.335 e. The molecule has 5 rings (SSSR count). The monoisotopic (exact) mass is 490 g/mol. The first-order chi connectivity index (χ1) is 17.3. The lowest BCUT2D eigenvalue weighted by atomic mass is 9.75. The number of fused-ring (bicyclic) bond motifs is 2. The first-order valence-corrected chi connectivity index (χ1v) is 12.1. The molecule has 1 aliphatic carbocycles. The predicted octanol–water partition coefficient (Wildman–Crippen LogP) is 6.07. The summed E-state index contributed by atoms with van der Waals surface area (Å²) in [6.07, 6.45) is 4.07. The molecule has 0 atom stereocenters. The van der Waals surface area contributed by atoms with Gasteiger partial charge in [0, 0.05) is 23.4 Å². The van der Waals surface area contributed by atoms with Crippen molar-refractivity contribution in [2.75, 3.05) is 12.8 Å². The zero-order chi connectivity index (χ0) is 25.5. The molecule has 5 nitrogen and oxygen atoms in total. The Kier molecular flexibility index (Phi) is 6.02. The molecular weight excluding hydrogens is 462 g/mol. The topological polar surface area (TPSA) is 72.6 Å². The van der Waals surface area contributed by atoms with Gasteiger partial charge in [-0.1, -0.05) is 61.7 Å². The zero-order valence-corrected chi connectivity index (χ0v) is 20.1. The summed E-state index contributed by atoms with van der Waals surface area (Å²) < 4.78 is 36.9. The molecule has 1 heterocycles. The summed E-state index contributed by atoms with van der Waals surface area (Å²) in [6.45, 7) is 0.259. The number of carbonyl (C=O) groups excluding carboxylic acids is 2. The first kappa shape index (κ1) is 24.0. The number of ether oxygens (including phenoxy) is 1. The van der Waals surface area contributed by atoms with Gasteiger partial charge in [0.25, 0.3) is 5.91 Å². The van der Waals surface area contributed by atoms with Gasteiger partial charge in [-0.05, 0) is 48.2 Å². The van der Waals surface area contributed by atoms with E-state index in [-0.39, 0.29) is 23.4 Å². The maximum atomic E-state index is 15.8. The van der Waals surface area contributed by atoms with Crippen molar-refractivity contribution >= 4 is 17.4 Å². The van der Waals surface area contributed by atoms with Crippen LogP contribution in [0.4, 0.5) is 14.5 Å². The minimum Gasteiger partial charge on any atom is -0.497 e. The van der Waals surface area contributed by atoms with Gasteiger partial charge in [-0.25, -0.2) is 0 Å². The lowest BCUT2D eigenvalue weighted by Crippen LogP contribution is -2.44. The van der Waals surface area contributed by atoms with Crippen molar-refractivity contribution in [3.05, 3.63) is 94.5 Å². The van der Waals surface area contributed by atoms with Crippen LogP contribution in [0.5, 0.6) is 5.75 Å². The molecule has 7 heteroatoms. The van der Waals surface area contributed by atoms with E-state index in [4.69, 9.17) is 10.5 Å². The number of nitrogens with two attached hydrogens (primary N) is 1. The van der Waals surface area contributed by atoms with Gasteiger partial charge in [-0.15, -0.1) is 0 Å². The molecule has 1 amide bonds. The Morgan fingerprint density at radius 1 is 1.03 bits per heavy atom. The first-order valence-electron chi connectivity index (χ1n) is 12.1. The molecule has 2 aliphatic rings. The highest BCUT2D eigenvalue weighted by atomic mass is 19.3. The van der Waals surface area contributed by atoms with Crippen LogP contribution in [0.3, 0.4) is 0 Å². The molecule has 0 unspecified atom stereocenters. The Morgan fingerprint density at radius 2 is 1.69 bits per heavy atom. The lowest BCUT2D eigenvalue weighted by molar-refractivity contribution is 0.00679. The number of rotatable bonds is 6. The van der Waals surface area contributed by atoms with Gasteiger partial charge < -0.3 is 15.4 Å². The number of methoxy groups -OCH3 is 1.